The van der Waals surface area contributed by atoms with Gasteiger partial charge in [-0.2, -0.15) is 4.99 Å². The van der Waals surface area contributed by atoms with Crippen LogP contribution >= 0.6 is 23.4 Å². The van der Waals surface area contributed by atoms with E-state index in [1.165, 1.54) is 11.8 Å². The van der Waals surface area contributed by atoms with Gasteiger partial charge < -0.3 is 9.47 Å². The summed E-state index contributed by atoms with van der Waals surface area (Å²) in [5.74, 6) is 0.491. The second kappa shape index (κ2) is 10.7. The maximum absolute atomic E-state index is 12.9. The molecule has 5 rings (SSSR count). The summed E-state index contributed by atoms with van der Waals surface area (Å²) in [5, 5.41) is 11.6. The van der Waals surface area contributed by atoms with Crippen LogP contribution in [0.15, 0.2) is 82.7 Å². The molecule has 0 saturated heterocycles. The van der Waals surface area contributed by atoms with Gasteiger partial charge in [0.25, 0.3) is 5.91 Å². The lowest BCUT2D eigenvalue weighted by atomic mass is 10.1. The Hall–Kier alpha value is -3.81. The van der Waals surface area contributed by atoms with E-state index in [0.717, 1.165) is 22.4 Å². The molecule has 2 heterocycles. The first-order valence-corrected chi connectivity index (χ1v) is 13.0. The predicted octanol–water partition coefficient (Wildman–Crippen LogP) is 6.93. The Morgan fingerprint density at radius 2 is 1.84 bits per heavy atom. The molecule has 0 radical (unpaired) electrons. The number of fused-ring (bicyclic) bond motifs is 1. The average Bonchev–Trinajstić information content (AvgIpc) is 3.31. The summed E-state index contributed by atoms with van der Waals surface area (Å²) >= 11 is 7.97. The summed E-state index contributed by atoms with van der Waals surface area (Å²) in [6.45, 7) is 4.66. The Labute approximate surface area is 224 Å². The fourth-order valence-corrected chi connectivity index (χ4v) is 5.24. The average molecular weight is 530 g/mol. The van der Waals surface area contributed by atoms with Gasteiger partial charge in [-0.1, -0.05) is 78.0 Å². The Bertz CT molecular complexity index is 1480. The first-order chi connectivity index (χ1) is 18.0. The van der Waals surface area contributed by atoms with E-state index in [2.05, 4.69) is 4.99 Å². The highest BCUT2D eigenvalue weighted by Gasteiger charge is 2.36. The minimum absolute atomic E-state index is 0.0593. The highest BCUT2D eigenvalue weighted by Crippen LogP contribution is 2.40. The second-order valence-electron chi connectivity index (χ2n) is 8.41. The van der Waals surface area contributed by atoms with Gasteiger partial charge in [0.05, 0.1) is 22.9 Å². The topological polar surface area (TPSA) is 75.0 Å². The lowest BCUT2D eigenvalue weighted by molar-refractivity contribution is -0.114. The molecule has 0 unspecified atom stereocenters. The van der Waals surface area contributed by atoms with E-state index in [1.807, 2.05) is 73.9 Å². The molecule has 8 heteroatoms. The fourth-order valence-electron chi connectivity index (χ4n) is 4.08. The number of nitrogens with zero attached hydrogens (tertiary/aromatic N) is 2. The van der Waals surface area contributed by atoms with E-state index in [-0.39, 0.29) is 11.4 Å². The highest BCUT2D eigenvalue weighted by molar-refractivity contribution is 8.17. The number of amidine groups is 2. The van der Waals surface area contributed by atoms with Gasteiger partial charge in [-0.25, -0.2) is 0 Å². The molecule has 1 amide bonds. The molecule has 0 atom stereocenters. The van der Waals surface area contributed by atoms with Gasteiger partial charge in [0.2, 0.25) is 0 Å². The molecule has 6 nitrogen and oxygen atoms in total. The Kier molecular flexibility index (Phi) is 7.17. The van der Waals surface area contributed by atoms with Crippen LogP contribution in [0.1, 0.15) is 29.2 Å². The van der Waals surface area contributed by atoms with Gasteiger partial charge in [0.15, 0.2) is 16.7 Å². The standard InChI is InChI=1S/C29H24ClN3O3S/c1-3-35-25-15-19(14-23(30)26(25)36-16-21-12-8-7-9-18(21)2)13-22-27(31)33-24(20-10-5-4-6-11-20)17-37-29(33)32-28(22)34/h4-15,17,31H,3,16H2,1-2H3/b22-13-,31-27?. The van der Waals surface area contributed by atoms with E-state index < -0.39 is 5.91 Å². The number of ether oxygens (including phenoxy) is 2. The van der Waals surface area contributed by atoms with Crippen LogP contribution in [-0.4, -0.2) is 28.4 Å². The molecule has 0 saturated carbocycles. The Balaban J connectivity index is 1.46. The third kappa shape index (κ3) is 5.05. The van der Waals surface area contributed by atoms with Gasteiger partial charge in [-0.15, -0.1) is 0 Å². The van der Waals surface area contributed by atoms with Gasteiger partial charge in [-0.05, 0) is 54.3 Å². The third-order valence-corrected chi connectivity index (χ3v) is 7.07. The normalized spacial score (nSPS) is 16.0. The highest BCUT2D eigenvalue weighted by atomic mass is 35.5. The molecule has 0 fully saturated rings. The van der Waals surface area contributed by atoms with Crippen molar-refractivity contribution in [3.05, 3.63) is 105 Å². The molecule has 1 N–H and O–H groups in total. The molecule has 0 spiro atoms. The number of benzene rings is 3. The summed E-state index contributed by atoms with van der Waals surface area (Å²) in [5.41, 5.74) is 4.70. The van der Waals surface area contributed by atoms with Crippen molar-refractivity contribution in [2.24, 2.45) is 4.99 Å². The first kappa shape index (κ1) is 24.9. The molecule has 2 aliphatic rings. The minimum atomic E-state index is -0.472. The quantitative estimate of drug-likeness (QED) is 0.336. The number of amides is 1. The number of hydrogen-bond donors (Lipinski definition) is 1. The molecule has 186 valence electrons. The van der Waals surface area contributed by atoms with Gasteiger partial charge in [0.1, 0.15) is 12.4 Å². The zero-order valence-electron chi connectivity index (χ0n) is 20.3. The monoisotopic (exact) mass is 529 g/mol. The number of nitrogens with one attached hydrogen (secondary N) is 1. The minimum Gasteiger partial charge on any atom is -0.490 e. The SMILES string of the molecule is CCOc1cc(/C=C2/C(=N)N3C(c4ccccc4)=CSC3=NC2=O)cc(Cl)c1OCc1ccccc1C. The zero-order valence-corrected chi connectivity index (χ0v) is 21.9. The number of aliphatic imine (C=N–C) groups is 1. The van der Waals surface area contributed by atoms with Gasteiger partial charge in [0, 0.05) is 5.41 Å². The largest absolute Gasteiger partial charge is 0.490 e. The van der Waals surface area contributed by atoms with Crippen molar-refractivity contribution in [1.82, 2.24) is 4.90 Å². The first-order valence-electron chi connectivity index (χ1n) is 11.8. The molecule has 37 heavy (non-hydrogen) atoms. The lowest BCUT2D eigenvalue weighted by Gasteiger charge is -2.27. The summed E-state index contributed by atoms with van der Waals surface area (Å²) in [6, 6.07) is 21.2. The lowest BCUT2D eigenvalue weighted by Crippen LogP contribution is -2.38. The van der Waals surface area contributed by atoms with Crippen LogP contribution in [0.5, 0.6) is 11.5 Å². The number of thioether (sulfide) groups is 1. The molecule has 3 aromatic rings. The number of carbonyl (C=O) groups excluding carboxylic acids is 1. The van der Waals surface area contributed by atoms with E-state index >= 15 is 0 Å². The van der Waals surface area contributed by atoms with Gasteiger partial charge in [-0.3, -0.25) is 15.1 Å². The van der Waals surface area contributed by atoms with Crippen molar-refractivity contribution in [1.29, 1.82) is 5.41 Å². The fraction of sp³-hybridized carbons (Fsp3) is 0.138. The summed E-state index contributed by atoms with van der Waals surface area (Å²) in [6.07, 6.45) is 1.62. The molecule has 0 aliphatic carbocycles. The maximum atomic E-state index is 12.9. The molecule has 0 bridgehead atoms. The molecule has 0 aromatic heterocycles. The van der Waals surface area contributed by atoms with E-state index in [0.29, 0.717) is 40.5 Å². The van der Waals surface area contributed by atoms with Crippen LogP contribution in [0.3, 0.4) is 0 Å². The Morgan fingerprint density at radius 3 is 2.59 bits per heavy atom. The zero-order chi connectivity index (χ0) is 25.9. The van der Waals surface area contributed by atoms with E-state index in [9.17, 15) is 4.79 Å². The van der Waals surface area contributed by atoms with Crippen LogP contribution in [0.2, 0.25) is 5.02 Å². The predicted molar refractivity (Wildman–Crippen MR) is 150 cm³/mol. The number of aryl methyl sites for hydroxylation is 1. The number of halogens is 1. The van der Waals surface area contributed by atoms with Crippen LogP contribution in [0.25, 0.3) is 11.8 Å². The Morgan fingerprint density at radius 1 is 1.08 bits per heavy atom. The number of carbonyl (C=O) groups is 1. The van der Waals surface area contributed by atoms with Crippen LogP contribution < -0.4 is 9.47 Å². The molecule has 3 aromatic carbocycles. The van der Waals surface area contributed by atoms with Crippen LogP contribution in [-0.2, 0) is 11.4 Å². The summed E-state index contributed by atoms with van der Waals surface area (Å²) in [4.78, 5) is 18.8. The van der Waals surface area contributed by atoms with E-state index in [1.54, 1.807) is 23.1 Å². The van der Waals surface area contributed by atoms with Crippen molar-refractivity contribution >= 4 is 52.0 Å². The number of hydrogen-bond acceptors (Lipinski definition) is 5. The number of rotatable bonds is 7. The van der Waals surface area contributed by atoms with Crippen molar-refractivity contribution in [3.63, 3.8) is 0 Å². The molecular formula is C29H24ClN3O3S. The van der Waals surface area contributed by atoms with Crippen molar-refractivity contribution in [2.45, 2.75) is 20.5 Å². The van der Waals surface area contributed by atoms with Gasteiger partial charge >= 0.3 is 0 Å². The third-order valence-electron chi connectivity index (χ3n) is 5.96. The van der Waals surface area contributed by atoms with Crippen LogP contribution in [0, 0.1) is 12.3 Å². The second-order valence-corrected chi connectivity index (χ2v) is 9.65. The van der Waals surface area contributed by atoms with Crippen molar-refractivity contribution in [2.75, 3.05) is 6.61 Å². The van der Waals surface area contributed by atoms with Crippen LogP contribution in [0.4, 0.5) is 0 Å². The van der Waals surface area contributed by atoms with Crippen molar-refractivity contribution in [3.8, 4) is 11.5 Å². The summed E-state index contributed by atoms with van der Waals surface area (Å²) < 4.78 is 11.9. The van der Waals surface area contributed by atoms with Crippen molar-refractivity contribution < 1.29 is 14.3 Å². The smallest absolute Gasteiger partial charge is 0.283 e. The van der Waals surface area contributed by atoms with E-state index in [4.69, 9.17) is 26.5 Å². The maximum Gasteiger partial charge on any atom is 0.283 e. The summed E-state index contributed by atoms with van der Waals surface area (Å²) in [7, 11) is 0. The molecular weight excluding hydrogens is 506 g/mol. The molecule has 2 aliphatic heterocycles.